The van der Waals surface area contributed by atoms with Gasteiger partial charge in [-0.3, -0.25) is 0 Å². The summed E-state index contributed by atoms with van der Waals surface area (Å²) in [5, 5.41) is 0. The van der Waals surface area contributed by atoms with Crippen molar-refractivity contribution in [2.24, 2.45) is 5.73 Å². The van der Waals surface area contributed by atoms with E-state index in [-0.39, 0.29) is 0 Å². The molecular formula is C16H27NO2. The van der Waals surface area contributed by atoms with Crippen LogP contribution < -0.4 is 15.2 Å². The van der Waals surface area contributed by atoms with E-state index in [9.17, 15) is 0 Å². The van der Waals surface area contributed by atoms with E-state index in [2.05, 4.69) is 19.1 Å². The molecule has 1 aromatic carbocycles. The van der Waals surface area contributed by atoms with Crippen LogP contribution >= 0.6 is 0 Å². The van der Waals surface area contributed by atoms with Gasteiger partial charge in [0.25, 0.3) is 0 Å². The summed E-state index contributed by atoms with van der Waals surface area (Å²) in [6.07, 6.45) is 3.32. The number of hydrogen-bond acceptors (Lipinski definition) is 3. The zero-order chi connectivity index (χ0) is 14.1. The average Bonchev–Trinajstić information content (AvgIpc) is 2.43. The molecule has 0 spiro atoms. The zero-order valence-electron chi connectivity index (χ0n) is 12.4. The Kier molecular flexibility index (Phi) is 7.34. The first-order valence-electron chi connectivity index (χ1n) is 7.36. The highest BCUT2D eigenvalue weighted by atomic mass is 16.5. The third-order valence-corrected chi connectivity index (χ3v) is 3.29. The van der Waals surface area contributed by atoms with Crippen LogP contribution in [0, 0.1) is 0 Å². The van der Waals surface area contributed by atoms with Crippen LogP contribution in [-0.4, -0.2) is 19.8 Å². The van der Waals surface area contributed by atoms with E-state index in [0.29, 0.717) is 19.1 Å². The molecule has 3 nitrogen and oxygen atoms in total. The van der Waals surface area contributed by atoms with Gasteiger partial charge in [0.15, 0.2) is 11.5 Å². The van der Waals surface area contributed by atoms with Gasteiger partial charge in [0.05, 0.1) is 13.2 Å². The van der Waals surface area contributed by atoms with Crippen LogP contribution in [0.15, 0.2) is 18.2 Å². The molecule has 3 heteroatoms. The topological polar surface area (TPSA) is 44.5 Å². The molecule has 1 unspecified atom stereocenters. The van der Waals surface area contributed by atoms with Crippen molar-refractivity contribution in [1.29, 1.82) is 0 Å². The van der Waals surface area contributed by atoms with Gasteiger partial charge in [0.2, 0.25) is 0 Å². The van der Waals surface area contributed by atoms with Crippen molar-refractivity contribution in [3.63, 3.8) is 0 Å². The van der Waals surface area contributed by atoms with Crippen molar-refractivity contribution in [1.82, 2.24) is 0 Å². The predicted molar refractivity (Wildman–Crippen MR) is 80.1 cm³/mol. The highest BCUT2D eigenvalue weighted by molar-refractivity contribution is 5.44. The normalized spacial score (nSPS) is 12.2. The van der Waals surface area contributed by atoms with Gasteiger partial charge in [-0.15, -0.1) is 0 Å². The molecule has 0 aliphatic carbocycles. The highest BCUT2D eigenvalue weighted by Gasteiger charge is 2.13. The van der Waals surface area contributed by atoms with Crippen LogP contribution in [0.3, 0.4) is 0 Å². The maximum Gasteiger partial charge on any atom is 0.161 e. The van der Waals surface area contributed by atoms with Crippen molar-refractivity contribution < 1.29 is 9.47 Å². The van der Waals surface area contributed by atoms with Gasteiger partial charge in [-0.05, 0) is 63.3 Å². The minimum absolute atomic E-state index is 0.554. The molecule has 0 radical (unpaired) electrons. The molecule has 0 aliphatic rings. The summed E-state index contributed by atoms with van der Waals surface area (Å²) >= 11 is 0. The SMILES string of the molecule is CCOc1ccc(C(CC)CCCN)cc1OCC. The third kappa shape index (κ3) is 4.75. The van der Waals surface area contributed by atoms with Crippen molar-refractivity contribution in [2.75, 3.05) is 19.8 Å². The molecule has 1 aromatic rings. The zero-order valence-corrected chi connectivity index (χ0v) is 12.4. The molecule has 0 aromatic heterocycles. The first kappa shape index (κ1) is 15.8. The van der Waals surface area contributed by atoms with E-state index in [0.717, 1.165) is 37.3 Å². The molecule has 0 amide bonds. The van der Waals surface area contributed by atoms with Crippen molar-refractivity contribution in [3.05, 3.63) is 23.8 Å². The van der Waals surface area contributed by atoms with Crippen molar-refractivity contribution >= 4 is 0 Å². The lowest BCUT2D eigenvalue weighted by atomic mass is 9.91. The molecule has 1 rings (SSSR count). The molecular weight excluding hydrogens is 238 g/mol. The Hall–Kier alpha value is -1.22. The van der Waals surface area contributed by atoms with Gasteiger partial charge in [-0.1, -0.05) is 13.0 Å². The Labute approximate surface area is 117 Å². The first-order valence-corrected chi connectivity index (χ1v) is 7.36. The third-order valence-electron chi connectivity index (χ3n) is 3.29. The first-order chi connectivity index (χ1) is 9.26. The van der Waals surface area contributed by atoms with Crippen LogP contribution in [-0.2, 0) is 0 Å². The molecule has 0 bridgehead atoms. The summed E-state index contributed by atoms with van der Waals surface area (Å²) in [4.78, 5) is 0. The lowest BCUT2D eigenvalue weighted by molar-refractivity contribution is 0.287. The van der Waals surface area contributed by atoms with Crippen LogP contribution in [0.2, 0.25) is 0 Å². The second-order valence-corrected chi connectivity index (χ2v) is 4.61. The van der Waals surface area contributed by atoms with Crippen LogP contribution in [0.25, 0.3) is 0 Å². The summed E-state index contributed by atoms with van der Waals surface area (Å²) in [7, 11) is 0. The summed E-state index contributed by atoms with van der Waals surface area (Å²) in [5.74, 6) is 2.24. The lowest BCUT2D eigenvalue weighted by Crippen LogP contribution is -2.05. The minimum atomic E-state index is 0.554. The van der Waals surface area contributed by atoms with Gasteiger partial charge >= 0.3 is 0 Å². The van der Waals surface area contributed by atoms with Gasteiger partial charge in [-0.2, -0.15) is 0 Å². The Balaban J connectivity index is 2.91. The van der Waals surface area contributed by atoms with Crippen LogP contribution in [0.4, 0.5) is 0 Å². The smallest absolute Gasteiger partial charge is 0.161 e. The fraction of sp³-hybridized carbons (Fsp3) is 0.625. The predicted octanol–water partition coefficient (Wildman–Crippen LogP) is 3.72. The fourth-order valence-electron chi connectivity index (χ4n) is 2.29. The maximum atomic E-state index is 5.68. The monoisotopic (exact) mass is 265 g/mol. The Morgan fingerprint density at radius 1 is 1.05 bits per heavy atom. The molecule has 19 heavy (non-hydrogen) atoms. The Bertz CT molecular complexity index is 366. The minimum Gasteiger partial charge on any atom is -0.490 e. The van der Waals surface area contributed by atoms with E-state index in [1.54, 1.807) is 0 Å². The summed E-state index contributed by atoms with van der Waals surface area (Å²) in [5.41, 5.74) is 6.93. The molecule has 1 atom stereocenters. The summed E-state index contributed by atoms with van der Waals surface area (Å²) < 4.78 is 11.3. The van der Waals surface area contributed by atoms with Crippen LogP contribution in [0.1, 0.15) is 51.5 Å². The summed E-state index contributed by atoms with van der Waals surface area (Å²) in [6.45, 7) is 8.27. The fourth-order valence-corrected chi connectivity index (χ4v) is 2.29. The molecule has 108 valence electrons. The number of ether oxygens (including phenoxy) is 2. The molecule has 0 aliphatic heterocycles. The second-order valence-electron chi connectivity index (χ2n) is 4.61. The molecule has 0 heterocycles. The van der Waals surface area contributed by atoms with Gasteiger partial charge in [0.1, 0.15) is 0 Å². The van der Waals surface area contributed by atoms with E-state index < -0.39 is 0 Å². The molecule has 0 fully saturated rings. The van der Waals surface area contributed by atoms with Gasteiger partial charge in [0, 0.05) is 0 Å². The van der Waals surface area contributed by atoms with Gasteiger partial charge < -0.3 is 15.2 Å². The second kappa shape index (κ2) is 8.81. The Morgan fingerprint density at radius 2 is 1.74 bits per heavy atom. The molecule has 2 N–H and O–H groups in total. The number of benzene rings is 1. The number of nitrogens with two attached hydrogens (primary N) is 1. The van der Waals surface area contributed by atoms with Crippen molar-refractivity contribution in [3.8, 4) is 11.5 Å². The standard InChI is InChI=1S/C16H27NO2/c1-4-13(8-7-11-17)14-9-10-15(18-5-2)16(12-14)19-6-3/h9-10,12-13H,4-8,11,17H2,1-3H3. The van der Waals surface area contributed by atoms with Crippen LogP contribution in [0.5, 0.6) is 11.5 Å². The quantitative estimate of drug-likeness (QED) is 0.740. The van der Waals surface area contributed by atoms with Crippen molar-refractivity contribution in [2.45, 2.75) is 46.0 Å². The highest BCUT2D eigenvalue weighted by Crippen LogP contribution is 2.33. The van der Waals surface area contributed by atoms with E-state index in [4.69, 9.17) is 15.2 Å². The molecule has 0 saturated carbocycles. The lowest BCUT2D eigenvalue weighted by Gasteiger charge is -2.18. The van der Waals surface area contributed by atoms with E-state index >= 15 is 0 Å². The van der Waals surface area contributed by atoms with Gasteiger partial charge in [-0.25, -0.2) is 0 Å². The van der Waals surface area contributed by atoms with E-state index in [1.165, 1.54) is 5.56 Å². The summed E-state index contributed by atoms with van der Waals surface area (Å²) in [6, 6.07) is 6.30. The number of rotatable bonds is 9. The Morgan fingerprint density at radius 3 is 2.32 bits per heavy atom. The largest absolute Gasteiger partial charge is 0.490 e. The maximum absolute atomic E-state index is 5.68. The van der Waals surface area contributed by atoms with E-state index in [1.807, 2.05) is 19.9 Å². The average molecular weight is 265 g/mol. The molecule has 0 saturated heterocycles. The number of hydrogen-bond donors (Lipinski definition) is 1.